The van der Waals surface area contributed by atoms with E-state index in [0.29, 0.717) is 18.2 Å². The average molecular weight is 316 g/mol. The number of nitrogens with zero attached hydrogens (tertiary/aromatic N) is 2. The van der Waals surface area contributed by atoms with Crippen LogP contribution in [0.1, 0.15) is 17.5 Å². The minimum Gasteiger partial charge on any atom is -0.337 e. The van der Waals surface area contributed by atoms with Crippen molar-refractivity contribution < 1.29 is 9.59 Å². The maximum absolute atomic E-state index is 12.3. The van der Waals surface area contributed by atoms with Crippen molar-refractivity contribution in [3.8, 4) is 0 Å². The zero-order chi connectivity index (χ0) is 15.5. The van der Waals surface area contributed by atoms with Crippen LogP contribution >= 0.6 is 11.8 Å². The SMILES string of the molecule is Cc1ccc(C2=CCN(C(=O)CN3CSCC3=O)CC2)cc1. The van der Waals surface area contributed by atoms with E-state index in [1.165, 1.54) is 16.7 Å². The van der Waals surface area contributed by atoms with E-state index in [1.54, 1.807) is 16.7 Å². The molecule has 0 bridgehead atoms. The summed E-state index contributed by atoms with van der Waals surface area (Å²) in [5.74, 6) is 1.27. The molecule has 0 saturated carbocycles. The lowest BCUT2D eigenvalue weighted by Gasteiger charge is -2.28. The van der Waals surface area contributed by atoms with Gasteiger partial charge in [-0.1, -0.05) is 35.9 Å². The van der Waals surface area contributed by atoms with Crippen LogP contribution in [-0.4, -0.2) is 52.9 Å². The number of carbonyl (C=O) groups excluding carboxylic acids is 2. The second-order valence-corrected chi connectivity index (χ2v) is 6.71. The molecule has 22 heavy (non-hydrogen) atoms. The van der Waals surface area contributed by atoms with Crippen LogP contribution in [0.2, 0.25) is 0 Å². The molecule has 0 N–H and O–H groups in total. The number of hydrogen-bond donors (Lipinski definition) is 0. The van der Waals surface area contributed by atoms with Crippen LogP contribution in [0.5, 0.6) is 0 Å². The third kappa shape index (κ3) is 3.35. The molecule has 2 heterocycles. The van der Waals surface area contributed by atoms with E-state index in [2.05, 4.69) is 37.3 Å². The van der Waals surface area contributed by atoms with E-state index >= 15 is 0 Å². The predicted molar refractivity (Wildman–Crippen MR) is 89.4 cm³/mol. The van der Waals surface area contributed by atoms with Crippen LogP contribution < -0.4 is 0 Å². The van der Waals surface area contributed by atoms with E-state index in [-0.39, 0.29) is 18.4 Å². The summed E-state index contributed by atoms with van der Waals surface area (Å²) < 4.78 is 0. The molecule has 0 radical (unpaired) electrons. The van der Waals surface area contributed by atoms with Crippen LogP contribution in [-0.2, 0) is 9.59 Å². The van der Waals surface area contributed by atoms with Crippen molar-refractivity contribution in [1.82, 2.24) is 9.80 Å². The molecule has 2 aliphatic heterocycles. The fraction of sp³-hybridized carbons (Fsp3) is 0.412. The summed E-state index contributed by atoms with van der Waals surface area (Å²) in [7, 11) is 0. The van der Waals surface area contributed by atoms with Gasteiger partial charge in [0.1, 0.15) is 6.54 Å². The summed E-state index contributed by atoms with van der Waals surface area (Å²) in [6.07, 6.45) is 3.00. The molecule has 1 saturated heterocycles. The van der Waals surface area contributed by atoms with Crippen molar-refractivity contribution in [2.24, 2.45) is 0 Å². The molecule has 0 unspecified atom stereocenters. The molecule has 0 spiro atoms. The van der Waals surface area contributed by atoms with Gasteiger partial charge in [0.15, 0.2) is 0 Å². The van der Waals surface area contributed by atoms with Crippen molar-refractivity contribution in [1.29, 1.82) is 0 Å². The van der Waals surface area contributed by atoms with Crippen LogP contribution in [0.25, 0.3) is 5.57 Å². The first-order chi connectivity index (χ1) is 10.6. The molecular formula is C17H20N2O2S. The Bertz CT molecular complexity index is 610. The molecule has 1 aromatic carbocycles. The first-order valence-corrected chi connectivity index (χ1v) is 8.68. The van der Waals surface area contributed by atoms with Crippen LogP contribution in [0.3, 0.4) is 0 Å². The zero-order valence-corrected chi connectivity index (χ0v) is 13.6. The molecule has 5 heteroatoms. The Morgan fingerprint density at radius 3 is 2.64 bits per heavy atom. The lowest BCUT2D eigenvalue weighted by atomic mass is 9.98. The van der Waals surface area contributed by atoms with E-state index < -0.39 is 0 Å². The van der Waals surface area contributed by atoms with Gasteiger partial charge in [0.05, 0.1) is 11.6 Å². The molecule has 1 fully saturated rings. The van der Waals surface area contributed by atoms with Gasteiger partial charge in [-0.05, 0) is 24.5 Å². The Labute approximate surface area is 135 Å². The number of aryl methyl sites for hydroxylation is 1. The van der Waals surface area contributed by atoms with Crippen molar-refractivity contribution in [3.63, 3.8) is 0 Å². The lowest BCUT2D eigenvalue weighted by molar-refractivity contribution is -0.137. The Balaban J connectivity index is 1.59. The number of amides is 2. The highest BCUT2D eigenvalue weighted by Crippen LogP contribution is 2.23. The van der Waals surface area contributed by atoms with Gasteiger partial charge < -0.3 is 9.80 Å². The van der Waals surface area contributed by atoms with Gasteiger partial charge in [0.2, 0.25) is 11.8 Å². The van der Waals surface area contributed by atoms with Crippen molar-refractivity contribution in [2.75, 3.05) is 31.3 Å². The monoisotopic (exact) mass is 316 g/mol. The molecule has 0 atom stereocenters. The zero-order valence-electron chi connectivity index (χ0n) is 12.7. The average Bonchev–Trinajstić information content (AvgIpc) is 2.93. The maximum Gasteiger partial charge on any atom is 0.242 e. The number of thioether (sulfide) groups is 1. The standard InChI is InChI=1S/C17H20N2O2S/c1-13-2-4-14(5-3-13)15-6-8-18(9-7-15)16(20)10-19-12-22-11-17(19)21/h2-6H,7-12H2,1H3. The number of benzene rings is 1. The molecule has 1 aromatic rings. The van der Waals surface area contributed by atoms with E-state index in [1.807, 2.05) is 4.90 Å². The summed E-state index contributed by atoms with van der Waals surface area (Å²) >= 11 is 1.57. The van der Waals surface area contributed by atoms with E-state index in [4.69, 9.17) is 0 Å². The smallest absolute Gasteiger partial charge is 0.242 e. The third-order valence-corrected chi connectivity index (χ3v) is 5.08. The summed E-state index contributed by atoms with van der Waals surface area (Å²) in [5.41, 5.74) is 3.80. The Morgan fingerprint density at radius 1 is 1.27 bits per heavy atom. The summed E-state index contributed by atoms with van der Waals surface area (Å²) in [6.45, 7) is 3.67. The van der Waals surface area contributed by atoms with Gasteiger partial charge in [-0.25, -0.2) is 0 Å². The van der Waals surface area contributed by atoms with Crippen molar-refractivity contribution >= 4 is 29.1 Å². The highest BCUT2D eigenvalue weighted by molar-refractivity contribution is 8.00. The fourth-order valence-electron chi connectivity index (χ4n) is 2.73. The second kappa shape index (κ2) is 6.57. The molecule has 2 aliphatic rings. The van der Waals surface area contributed by atoms with Gasteiger partial charge in [0, 0.05) is 13.1 Å². The number of rotatable bonds is 3. The molecule has 116 valence electrons. The second-order valence-electron chi connectivity index (χ2n) is 5.75. The molecule has 4 nitrogen and oxygen atoms in total. The molecular weight excluding hydrogens is 296 g/mol. The minimum absolute atomic E-state index is 0.0510. The normalized spacial score (nSPS) is 18.6. The van der Waals surface area contributed by atoms with Crippen LogP contribution in [0.15, 0.2) is 30.3 Å². The van der Waals surface area contributed by atoms with Crippen molar-refractivity contribution in [2.45, 2.75) is 13.3 Å². The first-order valence-electron chi connectivity index (χ1n) is 7.53. The van der Waals surface area contributed by atoms with Gasteiger partial charge in [0.25, 0.3) is 0 Å². The van der Waals surface area contributed by atoms with Gasteiger partial charge in [-0.3, -0.25) is 9.59 Å². The molecule has 2 amide bonds. The Morgan fingerprint density at radius 2 is 2.05 bits per heavy atom. The number of hydrogen-bond acceptors (Lipinski definition) is 3. The molecule has 0 aromatic heterocycles. The minimum atomic E-state index is 0.0510. The number of carbonyl (C=O) groups is 2. The van der Waals surface area contributed by atoms with Crippen molar-refractivity contribution in [3.05, 3.63) is 41.5 Å². The van der Waals surface area contributed by atoms with Gasteiger partial charge >= 0.3 is 0 Å². The highest BCUT2D eigenvalue weighted by atomic mass is 32.2. The Hall–Kier alpha value is -1.75. The highest BCUT2D eigenvalue weighted by Gasteiger charge is 2.26. The lowest BCUT2D eigenvalue weighted by Crippen LogP contribution is -2.42. The summed E-state index contributed by atoms with van der Waals surface area (Å²) in [6, 6.07) is 8.51. The molecule has 0 aliphatic carbocycles. The summed E-state index contributed by atoms with van der Waals surface area (Å²) in [4.78, 5) is 27.3. The third-order valence-electron chi connectivity index (χ3n) is 4.14. The molecule has 3 rings (SSSR count). The Kier molecular flexibility index (Phi) is 4.52. The predicted octanol–water partition coefficient (Wildman–Crippen LogP) is 2.14. The quantitative estimate of drug-likeness (QED) is 0.858. The van der Waals surface area contributed by atoms with Gasteiger partial charge in [-0.15, -0.1) is 11.8 Å². The maximum atomic E-state index is 12.3. The largest absolute Gasteiger partial charge is 0.337 e. The summed E-state index contributed by atoms with van der Waals surface area (Å²) in [5, 5.41) is 0. The topological polar surface area (TPSA) is 40.6 Å². The van der Waals surface area contributed by atoms with Crippen LogP contribution in [0, 0.1) is 6.92 Å². The fourth-order valence-corrected chi connectivity index (χ4v) is 3.63. The van der Waals surface area contributed by atoms with E-state index in [0.717, 1.165) is 13.0 Å². The van der Waals surface area contributed by atoms with Crippen LogP contribution in [0.4, 0.5) is 0 Å². The first kappa shape index (κ1) is 15.2. The van der Waals surface area contributed by atoms with Gasteiger partial charge in [-0.2, -0.15) is 0 Å². The van der Waals surface area contributed by atoms with E-state index in [9.17, 15) is 9.59 Å².